The number of ether oxygens (including phenoxy) is 1. The van der Waals surface area contributed by atoms with Crippen LogP contribution in [0.5, 0.6) is 5.75 Å². The second kappa shape index (κ2) is 4.89. The van der Waals surface area contributed by atoms with Gasteiger partial charge in [-0.15, -0.1) is 0 Å². The highest BCUT2D eigenvalue weighted by Gasteiger charge is 2.27. The minimum absolute atomic E-state index is 0.122. The third-order valence-corrected chi connectivity index (χ3v) is 3.34. The predicted molar refractivity (Wildman–Crippen MR) is 74.6 cm³/mol. The van der Waals surface area contributed by atoms with E-state index in [-0.39, 0.29) is 11.5 Å². The summed E-state index contributed by atoms with van der Waals surface area (Å²) in [5.41, 5.74) is 1.23. The first-order valence-corrected chi connectivity index (χ1v) is 6.21. The number of halogens is 1. The zero-order valence-electron chi connectivity index (χ0n) is 10.8. The Morgan fingerprint density at radius 1 is 1.20 bits per heavy atom. The third-order valence-electron chi connectivity index (χ3n) is 3.34. The number of para-hydroxylation sites is 1. The number of carbonyl (C=O) groups excluding carboxylic acids is 1. The Bertz CT molecular complexity index is 709. The Hall–Kier alpha value is -2.49. The maximum Gasteiger partial charge on any atom is 0.177 e. The van der Waals surface area contributed by atoms with Gasteiger partial charge >= 0.3 is 0 Å². The molecule has 1 atom stereocenters. The minimum Gasteiger partial charge on any atom is -0.497 e. The van der Waals surface area contributed by atoms with Crippen molar-refractivity contribution in [2.45, 2.75) is 5.92 Å². The molecule has 1 unspecified atom stereocenters. The molecule has 1 aliphatic rings. The second-order valence-corrected chi connectivity index (χ2v) is 4.53. The highest BCUT2D eigenvalue weighted by atomic mass is 19.1. The molecular weight excluding hydrogens is 257 g/mol. The number of ketones is 1. The predicted octanol–water partition coefficient (Wildman–Crippen LogP) is 3.52. The molecule has 2 aromatic carbocycles. The quantitative estimate of drug-likeness (QED) is 0.836. The van der Waals surface area contributed by atoms with Crippen molar-refractivity contribution >= 4 is 17.7 Å². The lowest BCUT2D eigenvalue weighted by Crippen LogP contribution is -2.18. The fraction of sp³-hybridized carbons (Fsp3) is 0.125. The molecule has 3 rings (SSSR count). The van der Waals surface area contributed by atoms with E-state index in [1.807, 2.05) is 18.2 Å². The maximum absolute atomic E-state index is 13.6. The summed E-state index contributed by atoms with van der Waals surface area (Å²) >= 11 is 0. The number of methoxy groups -OCH3 is 1. The molecule has 100 valence electrons. The van der Waals surface area contributed by atoms with Crippen LogP contribution in [0, 0.1) is 5.82 Å². The lowest BCUT2D eigenvalue weighted by atomic mass is 9.88. The Labute approximate surface area is 115 Å². The first-order chi connectivity index (χ1) is 9.70. The summed E-state index contributed by atoms with van der Waals surface area (Å²) in [5, 5.41) is 0. The molecule has 0 N–H and O–H groups in total. The largest absolute Gasteiger partial charge is 0.497 e. The molecule has 20 heavy (non-hydrogen) atoms. The summed E-state index contributed by atoms with van der Waals surface area (Å²) in [4.78, 5) is 16.6. The van der Waals surface area contributed by atoms with E-state index in [1.165, 1.54) is 18.3 Å². The fourth-order valence-electron chi connectivity index (χ4n) is 2.30. The molecule has 0 spiro atoms. The van der Waals surface area contributed by atoms with Crippen LogP contribution < -0.4 is 4.74 Å². The normalized spacial score (nSPS) is 16.9. The molecule has 0 aliphatic carbocycles. The van der Waals surface area contributed by atoms with Crippen LogP contribution in [0.25, 0.3) is 0 Å². The SMILES string of the molecule is COc1cccc(C2C=Nc3c(F)cccc3C2=O)c1. The summed E-state index contributed by atoms with van der Waals surface area (Å²) in [5.74, 6) is -0.452. The van der Waals surface area contributed by atoms with Gasteiger partial charge in [-0.1, -0.05) is 18.2 Å². The van der Waals surface area contributed by atoms with Gasteiger partial charge in [0, 0.05) is 11.8 Å². The van der Waals surface area contributed by atoms with E-state index in [9.17, 15) is 9.18 Å². The fourth-order valence-corrected chi connectivity index (χ4v) is 2.30. The van der Waals surface area contributed by atoms with E-state index in [4.69, 9.17) is 4.74 Å². The van der Waals surface area contributed by atoms with Gasteiger partial charge in [-0.25, -0.2) is 4.39 Å². The van der Waals surface area contributed by atoms with Gasteiger partial charge in [-0.3, -0.25) is 9.79 Å². The molecule has 0 amide bonds. The maximum atomic E-state index is 13.6. The molecule has 1 aliphatic heterocycles. The van der Waals surface area contributed by atoms with Crippen LogP contribution in [0.1, 0.15) is 21.8 Å². The first-order valence-electron chi connectivity index (χ1n) is 6.21. The van der Waals surface area contributed by atoms with Crippen molar-refractivity contribution in [3.8, 4) is 5.75 Å². The Balaban J connectivity index is 2.05. The number of nitrogens with zero attached hydrogens (tertiary/aromatic N) is 1. The van der Waals surface area contributed by atoms with Gasteiger partial charge < -0.3 is 4.74 Å². The highest BCUT2D eigenvalue weighted by Crippen LogP contribution is 2.33. The molecule has 2 aromatic rings. The van der Waals surface area contributed by atoms with E-state index in [1.54, 1.807) is 19.2 Å². The number of benzene rings is 2. The third kappa shape index (κ3) is 1.99. The highest BCUT2D eigenvalue weighted by molar-refractivity contribution is 6.15. The van der Waals surface area contributed by atoms with E-state index in [0.717, 1.165) is 5.56 Å². The van der Waals surface area contributed by atoms with Crippen LogP contribution in [-0.2, 0) is 0 Å². The van der Waals surface area contributed by atoms with Gasteiger partial charge in [-0.05, 0) is 29.8 Å². The standard InChI is InChI=1S/C16H12FNO2/c1-20-11-5-2-4-10(8-11)13-9-18-15-12(16(13)19)6-3-7-14(15)17/h2-9,13H,1H3. The van der Waals surface area contributed by atoms with E-state index in [0.29, 0.717) is 11.3 Å². The van der Waals surface area contributed by atoms with Crippen molar-refractivity contribution in [2.75, 3.05) is 7.11 Å². The molecular formula is C16H12FNO2. The number of hydrogen-bond donors (Lipinski definition) is 0. The van der Waals surface area contributed by atoms with Crippen molar-refractivity contribution in [2.24, 2.45) is 4.99 Å². The number of hydrogen-bond acceptors (Lipinski definition) is 3. The number of fused-ring (bicyclic) bond motifs is 1. The lowest BCUT2D eigenvalue weighted by molar-refractivity contribution is 0.0982. The Morgan fingerprint density at radius 2 is 2.00 bits per heavy atom. The first kappa shape index (κ1) is 12.5. The van der Waals surface area contributed by atoms with Crippen molar-refractivity contribution in [3.05, 3.63) is 59.4 Å². The van der Waals surface area contributed by atoms with E-state index < -0.39 is 11.7 Å². The molecule has 0 radical (unpaired) electrons. The summed E-state index contributed by atoms with van der Waals surface area (Å²) in [6, 6.07) is 11.7. The van der Waals surface area contributed by atoms with Crippen molar-refractivity contribution in [1.82, 2.24) is 0 Å². The van der Waals surface area contributed by atoms with Crippen molar-refractivity contribution < 1.29 is 13.9 Å². The smallest absolute Gasteiger partial charge is 0.177 e. The number of rotatable bonds is 2. The summed E-state index contributed by atoms with van der Waals surface area (Å²) in [6.07, 6.45) is 1.49. The van der Waals surface area contributed by atoms with Gasteiger partial charge in [0.1, 0.15) is 17.3 Å². The Kier molecular flexibility index (Phi) is 3.06. The van der Waals surface area contributed by atoms with Crippen LogP contribution in [0.2, 0.25) is 0 Å². The molecule has 0 bridgehead atoms. The Morgan fingerprint density at radius 3 is 2.80 bits per heavy atom. The van der Waals surface area contributed by atoms with Gasteiger partial charge in [0.2, 0.25) is 0 Å². The number of aliphatic imine (C=N–C) groups is 1. The summed E-state index contributed by atoms with van der Waals surface area (Å²) in [7, 11) is 1.57. The zero-order valence-corrected chi connectivity index (χ0v) is 10.8. The lowest BCUT2D eigenvalue weighted by Gasteiger charge is -2.18. The molecule has 4 heteroatoms. The van der Waals surface area contributed by atoms with E-state index in [2.05, 4.69) is 4.99 Å². The van der Waals surface area contributed by atoms with Crippen LogP contribution >= 0.6 is 0 Å². The van der Waals surface area contributed by atoms with Crippen LogP contribution in [0.15, 0.2) is 47.5 Å². The van der Waals surface area contributed by atoms with Crippen LogP contribution in [-0.4, -0.2) is 19.1 Å². The molecule has 0 aromatic heterocycles. The average Bonchev–Trinajstić information content (AvgIpc) is 2.48. The summed E-state index contributed by atoms with van der Waals surface area (Å²) in [6.45, 7) is 0. The molecule has 0 saturated carbocycles. The van der Waals surface area contributed by atoms with Gasteiger partial charge in [-0.2, -0.15) is 0 Å². The number of Topliss-reactive ketones (excluding diaryl/α,β-unsaturated/α-hetero) is 1. The molecule has 1 heterocycles. The van der Waals surface area contributed by atoms with Gasteiger partial charge in [0.25, 0.3) is 0 Å². The van der Waals surface area contributed by atoms with Crippen LogP contribution in [0.4, 0.5) is 10.1 Å². The molecule has 3 nitrogen and oxygen atoms in total. The minimum atomic E-state index is -0.501. The molecule has 0 fully saturated rings. The molecule has 0 saturated heterocycles. The topological polar surface area (TPSA) is 38.7 Å². The van der Waals surface area contributed by atoms with Gasteiger partial charge in [0.05, 0.1) is 13.0 Å². The van der Waals surface area contributed by atoms with Crippen molar-refractivity contribution in [3.63, 3.8) is 0 Å². The summed E-state index contributed by atoms with van der Waals surface area (Å²) < 4.78 is 18.8. The van der Waals surface area contributed by atoms with E-state index >= 15 is 0 Å². The van der Waals surface area contributed by atoms with Gasteiger partial charge in [0.15, 0.2) is 5.78 Å². The van der Waals surface area contributed by atoms with Crippen molar-refractivity contribution in [1.29, 1.82) is 0 Å². The van der Waals surface area contributed by atoms with Crippen LogP contribution in [0.3, 0.4) is 0 Å². The zero-order chi connectivity index (χ0) is 14.1. The number of carbonyl (C=O) groups is 1. The average molecular weight is 269 g/mol. The second-order valence-electron chi connectivity index (χ2n) is 4.53. The monoisotopic (exact) mass is 269 g/mol.